The van der Waals surface area contributed by atoms with Crippen molar-refractivity contribution in [2.45, 2.75) is 25.8 Å². The highest BCUT2D eigenvalue weighted by molar-refractivity contribution is 9.10. The third kappa shape index (κ3) is 4.49. The van der Waals surface area contributed by atoms with E-state index in [4.69, 9.17) is 4.74 Å². The molecule has 0 aliphatic carbocycles. The summed E-state index contributed by atoms with van der Waals surface area (Å²) >= 11 is 3.44. The van der Waals surface area contributed by atoms with Crippen LogP contribution in [-0.2, 0) is 4.79 Å². The minimum atomic E-state index is -0.0416. The first-order valence-electron chi connectivity index (χ1n) is 6.91. The smallest absolute Gasteiger partial charge is 0.258 e. The molecule has 110 valence electrons. The molecule has 0 aromatic heterocycles. The summed E-state index contributed by atoms with van der Waals surface area (Å²) in [6, 6.07) is 6.00. The standard InChI is InChI=1S/C15H21BrN2O2/c1-11-9-13(3-4-14(11)16)20-10-15(19)17-12-5-7-18(2)8-6-12/h3-4,9,12H,5-8,10H2,1-2H3,(H,17,19). The number of aryl methyl sites for hydroxylation is 1. The normalized spacial score (nSPS) is 16.9. The Balaban J connectivity index is 1.76. The summed E-state index contributed by atoms with van der Waals surface area (Å²) in [6.07, 6.45) is 2.03. The second-order valence-electron chi connectivity index (χ2n) is 5.34. The Bertz CT molecular complexity index is 471. The minimum Gasteiger partial charge on any atom is -0.484 e. The number of hydrogen-bond donors (Lipinski definition) is 1. The number of piperidine rings is 1. The van der Waals surface area contributed by atoms with Crippen LogP contribution in [0.25, 0.3) is 0 Å². The van der Waals surface area contributed by atoms with E-state index in [1.807, 2.05) is 25.1 Å². The molecule has 0 bridgehead atoms. The Morgan fingerprint density at radius 2 is 2.15 bits per heavy atom. The molecule has 5 heteroatoms. The zero-order valence-electron chi connectivity index (χ0n) is 12.0. The molecule has 1 amide bonds. The maximum atomic E-state index is 11.9. The monoisotopic (exact) mass is 340 g/mol. The molecule has 1 aliphatic heterocycles. The topological polar surface area (TPSA) is 41.6 Å². The average Bonchev–Trinajstić information content (AvgIpc) is 2.43. The van der Waals surface area contributed by atoms with Crippen molar-refractivity contribution in [3.63, 3.8) is 0 Å². The summed E-state index contributed by atoms with van der Waals surface area (Å²) in [4.78, 5) is 14.1. The van der Waals surface area contributed by atoms with Gasteiger partial charge in [-0.25, -0.2) is 0 Å². The van der Waals surface area contributed by atoms with E-state index in [-0.39, 0.29) is 18.6 Å². The van der Waals surface area contributed by atoms with Crippen molar-refractivity contribution >= 4 is 21.8 Å². The predicted octanol–water partition coefficient (Wildman–Crippen LogP) is 2.35. The Kier molecular flexibility index (Phi) is 5.43. The summed E-state index contributed by atoms with van der Waals surface area (Å²) in [5.74, 6) is 0.685. The van der Waals surface area contributed by atoms with Crippen LogP contribution in [0, 0.1) is 6.92 Å². The van der Waals surface area contributed by atoms with Gasteiger partial charge in [-0.05, 0) is 63.7 Å². The third-order valence-corrected chi connectivity index (χ3v) is 4.47. The summed E-state index contributed by atoms with van der Waals surface area (Å²) < 4.78 is 6.57. The van der Waals surface area contributed by atoms with Crippen molar-refractivity contribution in [3.05, 3.63) is 28.2 Å². The van der Waals surface area contributed by atoms with Crippen molar-refractivity contribution in [1.29, 1.82) is 0 Å². The number of benzene rings is 1. The van der Waals surface area contributed by atoms with Gasteiger partial charge in [-0.1, -0.05) is 15.9 Å². The molecule has 1 aliphatic rings. The molecular weight excluding hydrogens is 320 g/mol. The molecule has 0 atom stereocenters. The quantitative estimate of drug-likeness (QED) is 0.914. The van der Waals surface area contributed by atoms with Crippen LogP contribution in [0.3, 0.4) is 0 Å². The molecule has 0 saturated carbocycles. The van der Waals surface area contributed by atoms with Gasteiger partial charge in [0, 0.05) is 10.5 Å². The summed E-state index contributed by atoms with van der Waals surface area (Å²) in [6.45, 7) is 4.15. The Morgan fingerprint density at radius 1 is 1.45 bits per heavy atom. The summed E-state index contributed by atoms with van der Waals surface area (Å²) in [5, 5.41) is 3.04. The lowest BCUT2D eigenvalue weighted by atomic mass is 10.1. The lowest BCUT2D eigenvalue weighted by Crippen LogP contribution is -2.44. The van der Waals surface area contributed by atoms with E-state index in [0.717, 1.165) is 41.7 Å². The molecular formula is C15H21BrN2O2. The van der Waals surface area contributed by atoms with Crippen LogP contribution in [0.1, 0.15) is 18.4 Å². The number of halogens is 1. The van der Waals surface area contributed by atoms with Crippen LogP contribution < -0.4 is 10.1 Å². The number of amides is 1. The number of carbonyl (C=O) groups is 1. The van der Waals surface area contributed by atoms with Crippen LogP contribution in [0.4, 0.5) is 0 Å². The number of nitrogens with zero attached hydrogens (tertiary/aromatic N) is 1. The van der Waals surface area contributed by atoms with Gasteiger partial charge in [0.25, 0.3) is 5.91 Å². The van der Waals surface area contributed by atoms with Crippen LogP contribution in [0.15, 0.2) is 22.7 Å². The molecule has 0 radical (unpaired) electrons. The minimum absolute atomic E-state index is 0.0416. The Morgan fingerprint density at radius 3 is 2.80 bits per heavy atom. The highest BCUT2D eigenvalue weighted by Crippen LogP contribution is 2.21. The van der Waals surface area contributed by atoms with Gasteiger partial charge >= 0.3 is 0 Å². The molecule has 0 unspecified atom stereocenters. The zero-order valence-corrected chi connectivity index (χ0v) is 13.6. The summed E-state index contributed by atoms with van der Waals surface area (Å²) in [7, 11) is 2.11. The average molecular weight is 341 g/mol. The van der Waals surface area contributed by atoms with E-state index in [2.05, 4.69) is 33.2 Å². The fraction of sp³-hybridized carbons (Fsp3) is 0.533. The van der Waals surface area contributed by atoms with Crippen molar-refractivity contribution in [3.8, 4) is 5.75 Å². The second-order valence-corrected chi connectivity index (χ2v) is 6.20. The first-order chi connectivity index (χ1) is 9.54. The van der Waals surface area contributed by atoms with Gasteiger partial charge < -0.3 is 15.0 Å². The molecule has 1 heterocycles. The van der Waals surface area contributed by atoms with Crippen molar-refractivity contribution in [2.24, 2.45) is 0 Å². The number of hydrogen-bond acceptors (Lipinski definition) is 3. The Labute approximate surface area is 128 Å². The van der Waals surface area contributed by atoms with Gasteiger partial charge in [-0.2, -0.15) is 0 Å². The van der Waals surface area contributed by atoms with E-state index in [0.29, 0.717) is 0 Å². The van der Waals surface area contributed by atoms with E-state index in [1.165, 1.54) is 0 Å². The molecule has 0 spiro atoms. The largest absolute Gasteiger partial charge is 0.484 e. The zero-order chi connectivity index (χ0) is 14.5. The second kappa shape index (κ2) is 7.09. The molecule has 1 saturated heterocycles. The third-order valence-electron chi connectivity index (χ3n) is 3.58. The first kappa shape index (κ1) is 15.3. The molecule has 1 fully saturated rings. The van der Waals surface area contributed by atoms with Crippen molar-refractivity contribution < 1.29 is 9.53 Å². The molecule has 1 aromatic carbocycles. The van der Waals surface area contributed by atoms with Gasteiger partial charge in [-0.15, -0.1) is 0 Å². The number of nitrogens with one attached hydrogen (secondary N) is 1. The molecule has 2 rings (SSSR count). The number of rotatable bonds is 4. The fourth-order valence-electron chi connectivity index (χ4n) is 2.28. The van der Waals surface area contributed by atoms with Crippen LogP contribution in [0.2, 0.25) is 0 Å². The predicted molar refractivity (Wildman–Crippen MR) is 83.0 cm³/mol. The van der Waals surface area contributed by atoms with Gasteiger partial charge in [0.1, 0.15) is 5.75 Å². The lowest BCUT2D eigenvalue weighted by Gasteiger charge is -2.29. The highest BCUT2D eigenvalue weighted by atomic mass is 79.9. The fourth-order valence-corrected chi connectivity index (χ4v) is 2.52. The number of carbonyl (C=O) groups excluding carboxylic acids is 1. The Hall–Kier alpha value is -1.07. The van der Waals surface area contributed by atoms with Gasteiger partial charge in [-0.3, -0.25) is 4.79 Å². The van der Waals surface area contributed by atoms with Crippen molar-refractivity contribution in [2.75, 3.05) is 26.7 Å². The van der Waals surface area contributed by atoms with Crippen LogP contribution in [-0.4, -0.2) is 43.6 Å². The van der Waals surface area contributed by atoms with Crippen LogP contribution >= 0.6 is 15.9 Å². The van der Waals surface area contributed by atoms with Crippen molar-refractivity contribution in [1.82, 2.24) is 10.2 Å². The maximum absolute atomic E-state index is 11.9. The first-order valence-corrected chi connectivity index (χ1v) is 7.71. The lowest BCUT2D eigenvalue weighted by molar-refractivity contribution is -0.124. The van der Waals surface area contributed by atoms with E-state index in [9.17, 15) is 4.79 Å². The molecule has 4 nitrogen and oxygen atoms in total. The SMILES string of the molecule is Cc1cc(OCC(=O)NC2CCN(C)CC2)ccc1Br. The molecule has 20 heavy (non-hydrogen) atoms. The number of ether oxygens (including phenoxy) is 1. The number of likely N-dealkylation sites (tertiary alicyclic amines) is 1. The molecule has 1 N–H and O–H groups in total. The summed E-state index contributed by atoms with van der Waals surface area (Å²) in [5.41, 5.74) is 1.10. The highest BCUT2D eigenvalue weighted by Gasteiger charge is 2.18. The molecule has 1 aromatic rings. The van der Waals surface area contributed by atoms with Crippen LogP contribution in [0.5, 0.6) is 5.75 Å². The van der Waals surface area contributed by atoms with Gasteiger partial charge in [0.15, 0.2) is 6.61 Å². The van der Waals surface area contributed by atoms with Gasteiger partial charge in [0.2, 0.25) is 0 Å². The van der Waals surface area contributed by atoms with Gasteiger partial charge in [0.05, 0.1) is 0 Å². The maximum Gasteiger partial charge on any atom is 0.258 e. The van der Waals surface area contributed by atoms with E-state index < -0.39 is 0 Å². The van der Waals surface area contributed by atoms with E-state index in [1.54, 1.807) is 0 Å². The van der Waals surface area contributed by atoms with E-state index >= 15 is 0 Å².